The van der Waals surface area contributed by atoms with E-state index in [9.17, 15) is 4.79 Å². The molecule has 0 atom stereocenters. The number of rotatable bonds is 7. The number of nitrogens with one attached hydrogen (secondary N) is 1. The minimum absolute atomic E-state index is 0.241. The highest BCUT2D eigenvalue weighted by Crippen LogP contribution is 2.26. The van der Waals surface area contributed by atoms with Crippen molar-refractivity contribution in [2.75, 3.05) is 19.5 Å². The molecule has 2 aromatic heterocycles. The predicted octanol–water partition coefficient (Wildman–Crippen LogP) is 5.41. The highest BCUT2D eigenvalue weighted by Gasteiger charge is 2.20. The molecule has 0 saturated heterocycles. The summed E-state index contributed by atoms with van der Waals surface area (Å²) in [6, 6.07) is 18.2. The van der Waals surface area contributed by atoms with Gasteiger partial charge in [-0.05, 0) is 48.5 Å². The van der Waals surface area contributed by atoms with E-state index < -0.39 is 0 Å². The summed E-state index contributed by atoms with van der Waals surface area (Å²) in [6.45, 7) is 0.323. The molecule has 0 aliphatic rings. The van der Waals surface area contributed by atoms with Crippen LogP contribution in [0.15, 0.2) is 77.5 Å². The Hall–Kier alpha value is -3.84. The van der Waals surface area contributed by atoms with Crippen LogP contribution in [-0.4, -0.2) is 34.9 Å². The van der Waals surface area contributed by atoms with Crippen LogP contribution in [0.3, 0.4) is 0 Å². The maximum Gasteiger partial charge on any atom is 0.259 e. The molecular formula is C24H21ClN4O3. The lowest BCUT2D eigenvalue weighted by molar-refractivity contribution is 0.0775. The van der Waals surface area contributed by atoms with Crippen molar-refractivity contribution in [3.05, 3.63) is 89.5 Å². The van der Waals surface area contributed by atoms with E-state index in [2.05, 4.69) is 15.3 Å². The lowest BCUT2D eigenvalue weighted by Gasteiger charge is -2.18. The van der Waals surface area contributed by atoms with Crippen molar-refractivity contribution >= 4 is 29.0 Å². The summed E-state index contributed by atoms with van der Waals surface area (Å²) >= 11 is 6.00. The topological polar surface area (TPSA) is 80.5 Å². The van der Waals surface area contributed by atoms with Crippen molar-refractivity contribution < 1.29 is 13.9 Å². The van der Waals surface area contributed by atoms with Crippen molar-refractivity contribution in [3.63, 3.8) is 0 Å². The summed E-state index contributed by atoms with van der Waals surface area (Å²) in [5.74, 6) is 1.98. The Morgan fingerprint density at radius 1 is 1.16 bits per heavy atom. The number of benzene rings is 2. The van der Waals surface area contributed by atoms with Crippen molar-refractivity contribution in [2.24, 2.45) is 0 Å². The molecule has 0 bridgehead atoms. The van der Waals surface area contributed by atoms with E-state index in [-0.39, 0.29) is 5.91 Å². The van der Waals surface area contributed by atoms with E-state index in [4.69, 9.17) is 20.8 Å². The van der Waals surface area contributed by atoms with E-state index in [1.807, 2.05) is 42.5 Å². The molecule has 7 nitrogen and oxygen atoms in total. The summed E-state index contributed by atoms with van der Waals surface area (Å²) in [5.41, 5.74) is 1.85. The highest BCUT2D eigenvalue weighted by molar-refractivity contribution is 6.30. The molecule has 8 heteroatoms. The number of hydrogen-bond donors (Lipinski definition) is 1. The second-order valence-electron chi connectivity index (χ2n) is 7.06. The number of nitrogens with zero attached hydrogens (tertiary/aromatic N) is 3. The number of hydrogen-bond acceptors (Lipinski definition) is 6. The average Bonchev–Trinajstić information content (AvgIpc) is 3.32. The smallest absolute Gasteiger partial charge is 0.259 e. The van der Waals surface area contributed by atoms with Gasteiger partial charge in [0.15, 0.2) is 5.82 Å². The first kappa shape index (κ1) is 21.4. The zero-order chi connectivity index (χ0) is 22.5. The molecule has 1 amide bonds. The number of halogens is 1. The molecule has 0 spiro atoms. The molecule has 0 aliphatic carbocycles. The number of carbonyl (C=O) groups is 1. The number of methoxy groups -OCH3 is 1. The fourth-order valence-corrected chi connectivity index (χ4v) is 3.25. The van der Waals surface area contributed by atoms with Gasteiger partial charge in [0.2, 0.25) is 0 Å². The van der Waals surface area contributed by atoms with E-state index in [1.54, 1.807) is 43.5 Å². The molecule has 2 heterocycles. The summed E-state index contributed by atoms with van der Waals surface area (Å²) in [6.07, 6.45) is 3.11. The quantitative estimate of drug-likeness (QED) is 0.407. The van der Waals surface area contributed by atoms with Gasteiger partial charge in [-0.1, -0.05) is 17.7 Å². The van der Waals surface area contributed by atoms with Gasteiger partial charge in [0.05, 0.1) is 19.9 Å². The van der Waals surface area contributed by atoms with E-state index >= 15 is 0 Å². The van der Waals surface area contributed by atoms with Gasteiger partial charge in [-0.25, -0.2) is 9.97 Å². The third kappa shape index (κ3) is 4.90. The standard InChI is InChI=1S/C24H21ClN4O3/c1-29(15-20-7-4-12-32-20)24(30)21-14-26-22(16-8-10-17(25)11-9-16)28-23(21)27-18-5-3-6-19(13-18)31-2/h3-14H,15H2,1-2H3,(H,26,27,28). The first-order valence-electron chi connectivity index (χ1n) is 9.85. The Balaban J connectivity index is 1.70. The molecule has 0 unspecified atom stereocenters. The highest BCUT2D eigenvalue weighted by atomic mass is 35.5. The molecule has 4 aromatic rings. The fourth-order valence-electron chi connectivity index (χ4n) is 3.12. The third-order valence-corrected chi connectivity index (χ3v) is 5.03. The van der Waals surface area contributed by atoms with Gasteiger partial charge in [-0.3, -0.25) is 4.79 Å². The van der Waals surface area contributed by atoms with Gasteiger partial charge < -0.3 is 19.4 Å². The molecule has 4 rings (SSSR count). The Bertz CT molecular complexity index is 1210. The number of aromatic nitrogens is 2. The second-order valence-corrected chi connectivity index (χ2v) is 7.50. The second kappa shape index (κ2) is 9.53. The van der Waals surface area contributed by atoms with Crippen LogP contribution in [-0.2, 0) is 6.54 Å². The monoisotopic (exact) mass is 448 g/mol. The van der Waals surface area contributed by atoms with Gasteiger partial charge in [-0.15, -0.1) is 0 Å². The van der Waals surface area contributed by atoms with Crippen LogP contribution in [0.1, 0.15) is 16.1 Å². The van der Waals surface area contributed by atoms with Crippen molar-refractivity contribution in [1.82, 2.24) is 14.9 Å². The van der Waals surface area contributed by atoms with Crippen LogP contribution in [0.4, 0.5) is 11.5 Å². The molecule has 0 aliphatic heterocycles. The van der Waals surface area contributed by atoms with Gasteiger partial charge in [0.1, 0.15) is 22.9 Å². The Morgan fingerprint density at radius 3 is 2.69 bits per heavy atom. The zero-order valence-electron chi connectivity index (χ0n) is 17.6. The number of carbonyl (C=O) groups excluding carboxylic acids is 1. The zero-order valence-corrected chi connectivity index (χ0v) is 18.3. The molecule has 2 aromatic carbocycles. The molecule has 32 heavy (non-hydrogen) atoms. The minimum atomic E-state index is -0.241. The van der Waals surface area contributed by atoms with Gasteiger partial charge in [-0.2, -0.15) is 0 Å². The maximum atomic E-state index is 13.2. The maximum absolute atomic E-state index is 13.2. The predicted molar refractivity (Wildman–Crippen MR) is 123 cm³/mol. The van der Waals surface area contributed by atoms with E-state index in [0.29, 0.717) is 40.3 Å². The first-order valence-corrected chi connectivity index (χ1v) is 10.2. The molecule has 162 valence electrons. The number of furan rings is 1. The molecule has 0 radical (unpaired) electrons. The third-order valence-electron chi connectivity index (χ3n) is 4.77. The van der Waals surface area contributed by atoms with Gasteiger partial charge in [0, 0.05) is 35.6 Å². The van der Waals surface area contributed by atoms with Crippen LogP contribution < -0.4 is 10.1 Å². The van der Waals surface area contributed by atoms with Gasteiger partial charge >= 0.3 is 0 Å². The summed E-state index contributed by atoms with van der Waals surface area (Å²) in [5, 5.41) is 3.86. The largest absolute Gasteiger partial charge is 0.497 e. The average molecular weight is 449 g/mol. The van der Waals surface area contributed by atoms with Crippen LogP contribution in [0.25, 0.3) is 11.4 Å². The number of ether oxygens (including phenoxy) is 1. The molecular weight excluding hydrogens is 428 g/mol. The first-order chi connectivity index (χ1) is 15.5. The molecule has 0 saturated carbocycles. The van der Waals surface area contributed by atoms with Crippen LogP contribution in [0.2, 0.25) is 5.02 Å². The van der Waals surface area contributed by atoms with Crippen molar-refractivity contribution in [3.8, 4) is 17.1 Å². The van der Waals surface area contributed by atoms with Crippen molar-refractivity contribution in [1.29, 1.82) is 0 Å². The van der Waals surface area contributed by atoms with Crippen LogP contribution >= 0.6 is 11.6 Å². The summed E-state index contributed by atoms with van der Waals surface area (Å²) < 4.78 is 10.7. The summed E-state index contributed by atoms with van der Waals surface area (Å²) in [4.78, 5) is 23.8. The lowest BCUT2D eigenvalue weighted by atomic mass is 10.2. The van der Waals surface area contributed by atoms with Crippen molar-refractivity contribution in [2.45, 2.75) is 6.54 Å². The van der Waals surface area contributed by atoms with E-state index in [0.717, 1.165) is 11.3 Å². The SMILES string of the molecule is COc1cccc(Nc2nc(-c3ccc(Cl)cc3)ncc2C(=O)N(C)Cc2ccco2)c1. The normalized spacial score (nSPS) is 10.6. The number of anilines is 2. The minimum Gasteiger partial charge on any atom is -0.497 e. The Morgan fingerprint density at radius 2 is 1.97 bits per heavy atom. The fraction of sp³-hybridized carbons (Fsp3) is 0.125. The lowest BCUT2D eigenvalue weighted by Crippen LogP contribution is -2.27. The molecule has 1 N–H and O–H groups in total. The van der Waals surface area contributed by atoms with E-state index in [1.165, 1.54) is 6.20 Å². The van der Waals surface area contributed by atoms with Crippen LogP contribution in [0.5, 0.6) is 5.75 Å². The van der Waals surface area contributed by atoms with Gasteiger partial charge in [0.25, 0.3) is 5.91 Å². The number of amides is 1. The Kier molecular flexibility index (Phi) is 6.37. The molecule has 0 fully saturated rings. The van der Waals surface area contributed by atoms with Crippen LogP contribution in [0, 0.1) is 0 Å². The summed E-state index contributed by atoms with van der Waals surface area (Å²) in [7, 11) is 3.30. The Labute approximate surface area is 190 Å².